The van der Waals surface area contributed by atoms with Crippen molar-refractivity contribution in [2.45, 2.75) is 38.6 Å². The Hall–Kier alpha value is -1.01. The summed E-state index contributed by atoms with van der Waals surface area (Å²) < 4.78 is 6.21. The van der Waals surface area contributed by atoms with Gasteiger partial charge in [0.05, 0.1) is 12.0 Å². The van der Waals surface area contributed by atoms with Gasteiger partial charge in [0.25, 0.3) is 5.91 Å². The van der Waals surface area contributed by atoms with Crippen LogP contribution in [0.3, 0.4) is 0 Å². The number of ether oxygens (including phenoxy) is 1. The van der Waals surface area contributed by atoms with Gasteiger partial charge in [-0.2, -0.15) is 0 Å². The van der Waals surface area contributed by atoms with E-state index in [1.165, 1.54) is 0 Å². The van der Waals surface area contributed by atoms with Crippen LogP contribution in [0.5, 0.6) is 0 Å². The zero-order valence-corrected chi connectivity index (χ0v) is 16.0. The molecule has 0 aromatic heterocycles. The smallest absolute Gasteiger partial charge is 0.329 e. The molecule has 1 aliphatic heterocycles. The van der Waals surface area contributed by atoms with Gasteiger partial charge in [-0.15, -0.1) is 11.8 Å². The van der Waals surface area contributed by atoms with E-state index in [-0.39, 0.29) is 23.2 Å². The predicted molar refractivity (Wildman–Crippen MR) is 96.4 cm³/mol. The number of amides is 1. The summed E-state index contributed by atoms with van der Waals surface area (Å²) in [6.07, 6.45) is 0.778. The fourth-order valence-electron chi connectivity index (χ4n) is 2.52. The highest BCUT2D eigenvalue weighted by Crippen LogP contribution is 2.35. The molecule has 0 spiro atoms. The van der Waals surface area contributed by atoms with E-state index < -0.39 is 6.04 Å². The van der Waals surface area contributed by atoms with Gasteiger partial charge >= 0.3 is 5.97 Å². The Balaban J connectivity index is 2.25. The molecule has 0 bridgehead atoms. The average molecular weight is 400 g/mol. The topological polar surface area (TPSA) is 46.6 Å². The number of carbonyl (C=O) groups is 2. The number of benzene rings is 1. The first-order chi connectivity index (χ1) is 11.0. The molecule has 0 N–H and O–H groups in total. The van der Waals surface area contributed by atoms with Gasteiger partial charge in [0.15, 0.2) is 0 Å². The minimum absolute atomic E-state index is 0.00896. The van der Waals surface area contributed by atoms with Crippen molar-refractivity contribution in [1.29, 1.82) is 0 Å². The molecule has 4 nitrogen and oxygen atoms in total. The lowest BCUT2D eigenvalue weighted by atomic mass is 10.1. The Morgan fingerprint density at radius 1 is 1.35 bits per heavy atom. The first kappa shape index (κ1) is 18.3. The number of rotatable bonds is 5. The number of halogens is 1. The van der Waals surface area contributed by atoms with Gasteiger partial charge in [0.2, 0.25) is 0 Å². The molecule has 23 heavy (non-hydrogen) atoms. The lowest BCUT2D eigenvalue weighted by Crippen LogP contribution is -2.47. The molecule has 0 unspecified atom stereocenters. The zero-order chi connectivity index (χ0) is 17.0. The highest BCUT2D eigenvalue weighted by molar-refractivity contribution is 9.10. The summed E-state index contributed by atoms with van der Waals surface area (Å²) >= 11 is 5.02. The fourth-order valence-corrected chi connectivity index (χ4v) is 4.25. The minimum atomic E-state index is -0.505. The maximum atomic E-state index is 13.0. The van der Waals surface area contributed by atoms with E-state index in [0.717, 1.165) is 10.9 Å². The molecule has 2 atom stereocenters. The molecule has 1 aromatic rings. The second kappa shape index (κ2) is 8.20. The van der Waals surface area contributed by atoms with Crippen LogP contribution in [-0.2, 0) is 9.53 Å². The Bertz CT molecular complexity index is 561. The molecule has 126 valence electrons. The van der Waals surface area contributed by atoms with Crippen LogP contribution in [0.15, 0.2) is 28.7 Å². The molecular weight excluding hydrogens is 378 g/mol. The van der Waals surface area contributed by atoms with E-state index in [9.17, 15) is 9.59 Å². The molecule has 1 amide bonds. The van der Waals surface area contributed by atoms with Crippen LogP contribution in [0.25, 0.3) is 0 Å². The summed E-state index contributed by atoms with van der Waals surface area (Å²) in [5.41, 5.74) is 0.592. The number of hydrogen-bond donors (Lipinski definition) is 0. The van der Waals surface area contributed by atoms with Gasteiger partial charge in [-0.3, -0.25) is 4.79 Å². The monoisotopic (exact) mass is 399 g/mol. The van der Waals surface area contributed by atoms with Gasteiger partial charge in [-0.25, -0.2) is 4.79 Å². The standard InChI is InChI=1S/C17H22BrNO3S/c1-4-9-22-17(21)14-10-23-16(11(2)3)19(14)15(20)12-5-7-13(18)8-6-12/h5-8,11,14,16H,4,9-10H2,1-3H3/t14-,16+/m1/s1. The van der Waals surface area contributed by atoms with Crippen molar-refractivity contribution in [1.82, 2.24) is 4.90 Å². The molecule has 1 aromatic carbocycles. The second-order valence-corrected chi connectivity index (χ2v) is 7.94. The summed E-state index contributed by atoms with van der Waals surface area (Å²) in [6, 6.07) is 6.73. The quantitative estimate of drug-likeness (QED) is 0.703. The van der Waals surface area contributed by atoms with Crippen LogP contribution in [-0.4, -0.2) is 40.6 Å². The van der Waals surface area contributed by atoms with Crippen molar-refractivity contribution < 1.29 is 14.3 Å². The molecule has 1 aliphatic rings. The number of carbonyl (C=O) groups excluding carboxylic acids is 2. The van der Waals surface area contributed by atoms with Gasteiger partial charge in [-0.05, 0) is 36.6 Å². The molecule has 1 heterocycles. The Morgan fingerprint density at radius 2 is 2.00 bits per heavy atom. The highest BCUT2D eigenvalue weighted by atomic mass is 79.9. The third-order valence-corrected chi connectivity index (χ3v) is 5.80. The summed E-state index contributed by atoms with van der Waals surface area (Å²) in [4.78, 5) is 27.0. The van der Waals surface area contributed by atoms with Crippen molar-refractivity contribution in [3.05, 3.63) is 34.3 Å². The summed E-state index contributed by atoms with van der Waals surface area (Å²) in [6.45, 7) is 6.49. The van der Waals surface area contributed by atoms with Crippen molar-refractivity contribution in [2.24, 2.45) is 5.92 Å². The summed E-state index contributed by atoms with van der Waals surface area (Å²) in [5, 5.41) is -0.00896. The van der Waals surface area contributed by atoms with Crippen LogP contribution in [0.2, 0.25) is 0 Å². The molecule has 6 heteroatoms. The number of thioether (sulfide) groups is 1. The van der Waals surface area contributed by atoms with E-state index in [4.69, 9.17) is 4.74 Å². The largest absolute Gasteiger partial charge is 0.464 e. The van der Waals surface area contributed by atoms with Crippen LogP contribution < -0.4 is 0 Å². The maximum absolute atomic E-state index is 13.0. The molecule has 1 fully saturated rings. The Kier molecular flexibility index (Phi) is 6.53. The van der Waals surface area contributed by atoms with Crippen LogP contribution >= 0.6 is 27.7 Å². The molecular formula is C17H22BrNO3S. The van der Waals surface area contributed by atoms with E-state index >= 15 is 0 Å². The number of hydrogen-bond acceptors (Lipinski definition) is 4. The van der Waals surface area contributed by atoms with Crippen LogP contribution in [0, 0.1) is 5.92 Å². The Labute approximate surface area is 150 Å². The SMILES string of the molecule is CCCOC(=O)[C@H]1CS[C@@H](C(C)C)N1C(=O)c1ccc(Br)cc1. The Morgan fingerprint density at radius 3 is 2.57 bits per heavy atom. The van der Waals surface area contributed by atoms with E-state index in [1.807, 2.05) is 19.1 Å². The van der Waals surface area contributed by atoms with Crippen molar-refractivity contribution in [3.8, 4) is 0 Å². The number of esters is 1. The van der Waals surface area contributed by atoms with E-state index in [1.54, 1.807) is 28.8 Å². The second-order valence-electron chi connectivity index (χ2n) is 5.87. The van der Waals surface area contributed by atoms with Gasteiger partial charge in [0.1, 0.15) is 6.04 Å². The summed E-state index contributed by atoms with van der Waals surface area (Å²) in [7, 11) is 0. The molecule has 0 aliphatic carbocycles. The van der Waals surface area contributed by atoms with Crippen LogP contribution in [0.1, 0.15) is 37.6 Å². The van der Waals surface area contributed by atoms with Gasteiger partial charge < -0.3 is 9.64 Å². The maximum Gasteiger partial charge on any atom is 0.329 e. The van der Waals surface area contributed by atoms with Crippen molar-refractivity contribution >= 4 is 39.6 Å². The third kappa shape index (κ3) is 4.29. The van der Waals surface area contributed by atoms with Gasteiger partial charge in [-0.1, -0.05) is 36.7 Å². The fraction of sp³-hybridized carbons (Fsp3) is 0.529. The highest BCUT2D eigenvalue weighted by Gasteiger charge is 2.43. The zero-order valence-electron chi connectivity index (χ0n) is 13.6. The molecule has 1 saturated heterocycles. The lowest BCUT2D eigenvalue weighted by Gasteiger charge is -2.30. The molecule has 2 rings (SSSR count). The van der Waals surface area contributed by atoms with E-state index in [2.05, 4.69) is 29.8 Å². The van der Waals surface area contributed by atoms with Crippen molar-refractivity contribution in [2.75, 3.05) is 12.4 Å². The van der Waals surface area contributed by atoms with Crippen LogP contribution in [0.4, 0.5) is 0 Å². The molecule has 0 saturated carbocycles. The minimum Gasteiger partial charge on any atom is -0.464 e. The first-order valence-corrected chi connectivity index (χ1v) is 9.66. The first-order valence-electron chi connectivity index (χ1n) is 7.82. The van der Waals surface area contributed by atoms with Gasteiger partial charge in [0, 0.05) is 15.8 Å². The summed E-state index contributed by atoms with van der Waals surface area (Å²) in [5.74, 6) is 0.448. The third-order valence-electron chi connectivity index (χ3n) is 3.65. The lowest BCUT2D eigenvalue weighted by molar-refractivity contribution is -0.148. The molecule has 0 radical (unpaired) electrons. The predicted octanol–water partition coefficient (Wildman–Crippen LogP) is 3.94. The normalized spacial score (nSPS) is 20.8. The number of nitrogens with zero attached hydrogens (tertiary/aromatic N) is 1. The average Bonchev–Trinajstić information content (AvgIpc) is 2.97. The van der Waals surface area contributed by atoms with E-state index in [0.29, 0.717) is 17.9 Å². The van der Waals surface area contributed by atoms with Crippen molar-refractivity contribution in [3.63, 3.8) is 0 Å².